The first-order chi connectivity index (χ1) is 12.1. The van der Waals surface area contributed by atoms with Gasteiger partial charge in [0.05, 0.1) is 0 Å². The summed E-state index contributed by atoms with van der Waals surface area (Å²) in [5, 5.41) is 12.1. The minimum Gasteiger partial charge on any atom is -0.480 e. The highest BCUT2D eigenvalue weighted by molar-refractivity contribution is 6.74. The molecule has 2 N–H and O–H groups in total. The van der Waals surface area contributed by atoms with E-state index in [1.807, 2.05) is 12.1 Å². The Hall–Kier alpha value is -1.66. The molecule has 0 heterocycles. The lowest BCUT2D eigenvalue weighted by atomic mass is 9.86. The summed E-state index contributed by atoms with van der Waals surface area (Å²) in [4.78, 5) is 24.0. The molecule has 1 amide bonds. The number of nitrogens with one attached hydrogen (secondary N) is 1. The molecule has 27 heavy (non-hydrogen) atoms. The minimum atomic E-state index is -1.94. The van der Waals surface area contributed by atoms with Crippen molar-refractivity contribution in [3.05, 3.63) is 35.4 Å². The molecule has 0 saturated heterocycles. The fourth-order valence-corrected chi connectivity index (χ4v) is 3.33. The van der Waals surface area contributed by atoms with E-state index in [0.29, 0.717) is 12.2 Å². The van der Waals surface area contributed by atoms with Gasteiger partial charge in [0.15, 0.2) is 8.32 Å². The number of amides is 1. The summed E-state index contributed by atoms with van der Waals surface area (Å²) in [7, 11) is -1.94. The average Bonchev–Trinajstić information content (AvgIpc) is 2.51. The zero-order chi connectivity index (χ0) is 21.0. The maximum atomic E-state index is 12.4. The summed E-state index contributed by atoms with van der Waals surface area (Å²) in [6.45, 7) is 17.3. The monoisotopic (exact) mass is 393 g/mol. The van der Waals surface area contributed by atoms with Crippen LogP contribution in [0, 0.1) is 0 Å². The summed E-state index contributed by atoms with van der Waals surface area (Å²) >= 11 is 0. The molecular weight excluding hydrogens is 358 g/mol. The Morgan fingerprint density at radius 3 is 2.00 bits per heavy atom. The van der Waals surface area contributed by atoms with Crippen LogP contribution in [0.3, 0.4) is 0 Å². The molecule has 0 saturated carbocycles. The smallest absolute Gasteiger partial charge is 0.326 e. The first-order valence-electron chi connectivity index (χ1n) is 9.43. The van der Waals surface area contributed by atoms with E-state index in [1.54, 1.807) is 12.1 Å². The highest BCUT2D eigenvalue weighted by Crippen LogP contribution is 2.36. The van der Waals surface area contributed by atoms with Gasteiger partial charge in [-0.2, -0.15) is 0 Å². The minimum absolute atomic E-state index is 0.000306. The van der Waals surface area contributed by atoms with Crippen molar-refractivity contribution in [3.8, 4) is 0 Å². The van der Waals surface area contributed by atoms with E-state index in [2.05, 4.69) is 60.0 Å². The fraction of sp³-hybridized carbons (Fsp3) is 0.619. The van der Waals surface area contributed by atoms with Gasteiger partial charge in [-0.05, 0) is 41.2 Å². The largest absolute Gasteiger partial charge is 0.480 e. The summed E-state index contributed by atoms with van der Waals surface area (Å²) in [6, 6.07) is 6.32. The number of hydrogen-bond donors (Lipinski definition) is 2. The third kappa shape index (κ3) is 6.77. The maximum Gasteiger partial charge on any atom is 0.326 e. The van der Waals surface area contributed by atoms with E-state index in [-0.39, 0.29) is 22.8 Å². The molecule has 1 rings (SSSR count). The van der Waals surface area contributed by atoms with E-state index >= 15 is 0 Å². The normalized spacial score (nSPS) is 13.9. The molecule has 1 aromatic rings. The SMILES string of the molecule is CC(C)(C)c1ccc(C(=O)N[C@H](CCO[Si](C)(C)C(C)(C)C)C(=O)O)cc1. The molecule has 0 radical (unpaired) electrons. The molecule has 0 fully saturated rings. The molecule has 0 aliphatic rings. The topological polar surface area (TPSA) is 75.6 Å². The molecule has 1 aromatic carbocycles. The number of carbonyl (C=O) groups is 2. The van der Waals surface area contributed by atoms with Gasteiger partial charge in [0, 0.05) is 18.6 Å². The van der Waals surface area contributed by atoms with Crippen LogP contribution < -0.4 is 5.32 Å². The first kappa shape index (κ1) is 23.4. The van der Waals surface area contributed by atoms with Gasteiger partial charge < -0.3 is 14.8 Å². The summed E-state index contributed by atoms with van der Waals surface area (Å²) in [6.07, 6.45) is 0.244. The molecule has 0 bridgehead atoms. The van der Waals surface area contributed by atoms with Gasteiger partial charge >= 0.3 is 5.97 Å². The van der Waals surface area contributed by atoms with Crippen molar-refractivity contribution >= 4 is 20.2 Å². The molecule has 6 heteroatoms. The third-order valence-corrected chi connectivity index (χ3v) is 9.83. The van der Waals surface area contributed by atoms with E-state index in [9.17, 15) is 14.7 Å². The van der Waals surface area contributed by atoms with Crippen LogP contribution in [0.25, 0.3) is 0 Å². The van der Waals surface area contributed by atoms with E-state index < -0.39 is 20.3 Å². The van der Waals surface area contributed by atoms with Gasteiger partial charge in [-0.25, -0.2) is 4.79 Å². The van der Waals surface area contributed by atoms with Crippen LogP contribution in [-0.2, 0) is 14.6 Å². The van der Waals surface area contributed by atoms with Gasteiger partial charge in [-0.15, -0.1) is 0 Å². The average molecular weight is 394 g/mol. The number of aliphatic carboxylic acids is 1. The lowest BCUT2D eigenvalue weighted by Gasteiger charge is -2.36. The fourth-order valence-electron chi connectivity index (χ4n) is 2.27. The van der Waals surface area contributed by atoms with Crippen molar-refractivity contribution in [2.24, 2.45) is 0 Å². The molecule has 0 spiro atoms. The van der Waals surface area contributed by atoms with Crippen LogP contribution in [0.2, 0.25) is 18.1 Å². The number of carbonyl (C=O) groups excluding carboxylic acids is 1. The van der Waals surface area contributed by atoms with Crippen molar-refractivity contribution in [3.63, 3.8) is 0 Å². The van der Waals surface area contributed by atoms with Gasteiger partial charge in [0.2, 0.25) is 0 Å². The summed E-state index contributed by atoms with van der Waals surface area (Å²) in [5.74, 6) is -1.43. The highest BCUT2D eigenvalue weighted by Gasteiger charge is 2.37. The van der Waals surface area contributed by atoms with Crippen LogP contribution in [0.5, 0.6) is 0 Å². The molecule has 152 valence electrons. The van der Waals surface area contributed by atoms with E-state index in [4.69, 9.17) is 4.43 Å². The molecule has 0 aliphatic heterocycles. The number of benzene rings is 1. The van der Waals surface area contributed by atoms with Crippen molar-refractivity contribution < 1.29 is 19.1 Å². The zero-order valence-electron chi connectivity index (χ0n) is 18.0. The van der Waals surface area contributed by atoms with E-state index in [1.165, 1.54) is 0 Å². The van der Waals surface area contributed by atoms with Crippen LogP contribution in [-0.4, -0.2) is 37.9 Å². The van der Waals surface area contributed by atoms with Crippen molar-refractivity contribution in [1.82, 2.24) is 5.32 Å². The maximum absolute atomic E-state index is 12.4. The van der Waals surface area contributed by atoms with Crippen LogP contribution >= 0.6 is 0 Å². The van der Waals surface area contributed by atoms with Crippen LogP contribution in [0.1, 0.15) is 63.9 Å². The molecular formula is C21H35NO4Si. The Bertz CT molecular complexity index is 654. The molecule has 0 aliphatic carbocycles. The Labute approximate surface area is 164 Å². The molecule has 0 aromatic heterocycles. The Balaban J connectivity index is 2.72. The van der Waals surface area contributed by atoms with Crippen LogP contribution in [0.15, 0.2) is 24.3 Å². The number of hydrogen-bond acceptors (Lipinski definition) is 3. The predicted octanol–water partition coefficient (Wildman–Crippen LogP) is 4.58. The first-order valence-corrected chi connectivity index (χ1v) is 12.3. The van der Waals surface area contributed by atoms with Gasteiger partial charge in [-0.3, -0.25) is 4.79 Å². The van der Waals surface area contributed by atoms with Crippen molar-refractivity contribution in [2.75, 3.05) is 6.61 Å². The zero-order valence-corrected chi connectivity index (χ0v) is 19.0. The number of rotatable bonds is 7. The Morgan fingerprint density at radius 2 is 1.59 bits per heavy atom. The second-order valence-corrected chi connectivity index (χ2v) is 14.4. The number of carboxylic acid groups (broad SMARTS) is 1. The summed E-state index contributed by atoms with van der Waals surface area (Å²) < 4.78 is 6.04. The second-order valence-electron chi connectivity index (χ2n) is 9.59. The Kier molecular flexibility index (Phi) is 7.42. The van der Waals surface area contributed by atoms with Crippen LogP contribution in [0.4, 0.5) is 0 Å². The van der Waals surface area contributed by atoms with Gasteiger partial charge in [-0.1, -0.05) is 53.7 Å². The molecule has 0 unspecified atom stereocenters. The lowest BCUT2D eigenvalue weighted by Crippen LogP contribution is -2.44. The Morgan fingerprint density at radius 1 is 1.07 bits per heavy atom. The van der Waals surface area contributed by atoms with Gasteiger partial charge in [0.25, 0.3) is 5.91 Å². The highest BCUT2D eigenvalue weighted by atomic mass is 28.4. The number of carboxylic acids is 1. The molecule has 1 atom stereocenters. The summed E-state index contributed by atoms with van der Waals surface area (Å²) in [5.41, 5.74) is 1.58. The van der Waals surface area contributed by atoms with Gasteiger partial charge in [0.1, 0.15) is 6.04 Å². The van der Waals surface area contributed by atoms with Crippen molar-refractivity contribution in [2.45, 2.75) is 77.6 Å². The predicted molar refractivity (Wildman–Crippen MR) is 112 cm³/mol. The lowest BCUT2D eigenvalue weighted by molar-refractivity contribution is -0.139. The standard InChI is InChI=1S/C21H35NO4Si/c1-20(2,3)16-11-9-15(10-12-16)18(23)22-17(19(24)25)13-14-26-27(7,8)21(4,5)6/h9-12,17H,13-14H2,1-8H3,(H,22,23)(H,24,25)/t17-/m1/s1. The van der Waals surface area contributed by atoms with E-state index in [0.717, 1.165) is 5.56 Å². The second kappa shape index (κ2) is 8.57. The van der Waals surface area contributed by atoms with Crippen molar-refractivity contribution in [1.29, 1.82) is 0 Å². The quantitative estimate of drug-likeness (QED) is 0.665. The third-order valence-electron chi connectivity index (χ3n) is 5.29. The molecule has 5 nitrogen and oxygen atoms in total.